The number of nitrogens with two attached hydrogens (primary N) is 1. The van der Waals surface area contributed by atoms with E-state index in [-0.39, 0.29) is 36.8 Å². The minimum atomic E-state index is -1.43. The topological polar surface area (TPSA) is 112 Å². The number of nitrogens with zero attached hydrogens (tertiary/aromatic N) is 3. The number of Topliss-reactive ketones (excluding diaryl/α,β-unsaturated/α-hetero) is 1. The van der Waals surface area contributed by atoms with Crippen molar-refractivity contribution in [2.45, 2.75) is 62.6 Å². The lowest BCUT2D eigenvalue weighted by atomic mass is 9.83. The second-order valence-electron chi connectivity index (χ2n) is 12.1. The van der Waals surface area contributed by atoms with Gasteiger partial charge in [-0.2, -0.15) is 5.10 Å². The third kappa shape index (κ3) is 4.53. The van der Waals surface area contributed by atoms with Crippen LogP contribution in [0.15, 0.2) is 42.6 Å². The van der Waals surface area contributed by atoms with Crippen LogP contribution in [0.25, 0.3) is 22.2 Å². The van der Waals surface area contributed by atoms with Crippen molar-refractivity contribution in [2.75, 3.05) is 13.7 Å². The van der Waals surface area contributed by atoms with Crippen LogP contribution in [0.3, 0.4) is 0 Å². The molecule has 0 spiro atoms. The van der Waals surface area contributed by atoms with Gasteiger partial charge in [0.1, 0.15) is 29.2 Å². The van der Waals surface area contributed by atoms with Gasteiger partial charge in [-0.3, -0.25) is 9.48 Å². The molecule has 2 aliphatic carbocycles. The number of aromatic nitrogens is 3. The molecule has 3 aliphatic rings. The molecule has 0 unspecified atom stereocenters. The molecule has 4 aromatic rings. The summed E-state index contributed by atoms with van der Waals surface area (Å²) in [5, 5.41) is 17.7. The van der Waals surface area contributed by atoms with Crippen molar-refractivity contribution in [1.29, 1.82) is 0 Å². The SMILES string of the molecule is COc1cc(C(=O)CC[C@](O)(c2cc3c(c(-c4ccc(F)c(F)c4)n2)OC[C@]3(C)N)C2CC2)cc2cn(C3CC3)nc12. The lowest BCUT2D eigenvalue weighted by Crippen LogP contribution is -2.35. The summed E-state index contributed by atoms with van der Waals surface area (Å²) >= 11 is 0. The Balaban J connectivity index is 1.23. The maximum atomic E-state index is 14.2. The first-order chi connectivity index (χ1) is 20.1. The fourth-order valence-corrected chi connectivity index (χ4v) is 5.98. The monoisotopic (exact) mass is 574 g/mol. The molecule has 42 heavy (non-hydrogen) atoms. The maximum Gasteiger partial charge on any atom is 0.163 e. The van der Waals surface area contributed by atoms with Crippen LogP contribution in [-0.2, 0) is 11.1 Å². The van der Waals surface area contributed by atoms with E-state index in [4.69, 9.17) is 20.2 Å². The lowest BCUT2D eigenvalue weighted by Gasteiger charge is -2.29. The second kappa shape index (κ2) is 9.57. The molecule has 0 saturated heterocycles. The highest BCUT2D eigenvalue weighted by molar-refractivity contribution is 6.01. The zero-order valence-electron chi connectivity index (χ0n) is 23.5. The van der Waals surface area contributed by atoms with Crippen LogP contribution in [0.2, 0.25) is 0 Å². The fourth-order valence-electron chi connectivity index (χ4n) is 5.98. The zero-order valence-corrected chi connectivity index (χ0v) is 23.5. The van der Waals surface area contributed by atoms with Crippen LogP contribution >= 0.6 is 0 Å². The predicted molar refractivity (Wildman–Crippen MR) is 151 cm³/mol. The van der Waals surface area contributed by atoms with Crippen LogP contribution in [0.5, 0.6) is 11.5 Å². The van der Waals surface area contributed by atoms with E-state index in [1.54, 1.807) is 19.2 Å². The number of carbonyl (C=O) groups is 1. The molecule has 2 fully saturated rings. The van der Waals surface area contributed by atoms with Crippen LogP contribution in [0, 0.1) is 17.6 Å². The maximum absolute atomic E-state index is 14.2. The van der Waals surface area contributed by atoms with Crippen LogP contribution < -0.4 is 15.2 Å². The number of benzene rings is 2. The van der Waals surface area contributed by atoms with Crippen molar-refractivity contribution in [3.63, 3.8) is 0 Å². The van der Waals surface area contributed by atoms with Gasteiger partial charge in [0.15, 0.2) is 23.2 Å². The molecule has 8 nitrogen and oxygen atoms in total. The molecular weight excluding hydrogens is 542 g/mol. The molecule has 10 heteroatoms. The van der Waals surface area contributed by atoms with Crippen molar-refractivity contribution in [3.05, 3.63) is 71.1 Å². The number of methoxy groups -OCH3 is 1. The second-order valence-corrected chi connectivity index (χ2v) is 12.1. The molecule has 7 rings (SSSR count). The molecule has 2 aromatic carbocycles. The van der Waals surface area contributed by atoms with E-state index in [1.165, 1.54) is 6.07 Å². The summed E-state index contributed by atoms with van der Waals surface area (Å²) in [5.74, 6) is -1.31. The average molecular weight is 575 g/mol. The minimum Gasteiger partial charge on any atom is -0.494 e. The Morgan fingerprint density at radius 3 is 2.67 bits per heavy atom. The van der Waals surface area contributed by atoms with E-state index in [9.17, 15) is 18.7 Å². The molecule has 2 atom stereocenters. The molecule has 0 bridgehead atoms. The summed E-state index contributed by atoms with van der Waals surface area (Å²) in [7, 11) is 1.56. The Morgan fingerprint density at radius 2 is 1.98 bits per heavy atom. The van der Waals surface area contributed by atoms with Gasteiger partial charge in [0.2, 0.25) is 0 Å². The normalized spacial score (nSPS) is 21.2. The Hall–Kier alpha value is -3.89. The van der Waals surface area contributed by atoms with Gasteiger partial charge in [-0.05, 0) is 81.3 Å². The fraction of sp³-hybridized carbons (Fsp3) is 0.406. The third-order valence-electron chi connectivity index (χ3n) is 8.78. The Morgan fingerprint density at radius 1 is 1.19 bits per heavy atom. The Kier molecular flexibility index (Phi) is 6.15. The summed E-state index contributed by atoms with van der Waals surface area (Å²) in [6.45, 7) is 1.98. The number of carbonyl (C=O) groups excluding carboxylic acids is 1. The predicted octanol–water partition coefficient (Wildman–Crippen LogP) is 5.55. The number of ketones is 1. The van der Waals surface area contributed by atoms with E-state index in [0.717, 1.165) is 48.7 Å². The minimum absolute atomic E-state index is 0.0636. The van der Waals surface area contributed by atoms with E-state index < -0.39 is 22.8 Å². The van der Waals surface area contributed by atoms with Gasteiger partial charge in [-0.1, -0.05) is 0 Å². The van der Waals surface area contributed by atoms with Gasteiger partial charge in [-0.25, -0.2) is 13.8 Å². The largest absolute Gasteiger partial charge is 0.494 e. The third-order valence-corrected chi connectivity index (χ3v) is 8.78. The van der Waals surface area contributed by atoms with Gasteiger partial charge in [0, 0.05) is 34.7 Å². The molecule has 2 saturated carbocycles. The number of hydrogen-bond donors (Lipinski definition) is 2. The van der Waals surface area contributed by atoms with Gasteiger partial charge in [0.25, 0.3) is 0 Å². The van der Waals surface area contributed by atoms with Gasteiger partial charge >= 0.3 is 0 Å². The van der Waals surface area contributed by atoms with Crippen molar-refractivity contribution in [1.82, 2.24) is 14.8 Å². The number of ether oxygens (including phenoxy) is 2. The van der Waals surface area contributed by atoms with Crippen molar-refractivity contribution >= 4 is 16.7 Å². The zero-order chi connectivity index (χ0) is 29.4. The van der Waals surface area contributed by atoms with Crippen LogP contribution in [0.4, 0.5) is 8.78 Å². The standard InChI is InChI=1S/C32H32F2N4O4/c1-31(35)16-42-30-22(31)14-27(36-29(30)17-3-8-23(33)24(34)12-17)32(40,20-4-5-20)10-9-25(39)18-11-19-15-38(21-6-7-21)37-28(19)26(13-18)41-2/h3,8,11-15,20-21,40H,4-7,9-10,16,35H2,1-2H3/t31-,32+/m0/s1. The quantitative estimate of drug-likeness (QED) is 0.252. The number of pyridine rings is 1. The Bertz CT molecular complexity index is 1740. The Labute approximate surface area is 241 Å². The molecular formula is C32H32F2N4O4. The highest BCUT2D eigenvalue weighted by Crippen LogP contribution is 2.51. The summed E-state index contributed by atoms with van der Waals surface area (Å²) in [6, 6.07) is 9.20. The van der Waals surface area contributed by atoms with E-state index >= 15 is 0 Å². The first-order valence-electron chi connectivity index (χ1n) is 14.3. The summed E-state index contributed by atoms with van der Waals surface area (Å²) < 4.78 is 41.4. The smallest absolute Gasteiger partial charge is 0.163 e. The number of halogens is 2. The van der Waals surface area contributed by atoms with E-state index in [2.05, 4.69) is 5.10 Å². The van der Waals surface area contributed by atoms with Gasteiger partial charge in [-0.15, -0.1) is 0 Å². The number of hydrogen-bond acceptors (Lipinski definition) is 7. The summed E-state index contributed by atoms with van der Waals surface area (Å²) in [4.78, 5) is 18.3. The number of rotatable bonds is 9. The van der Waals surface area contributed by atoms with Crippen LogP contribution in [-0.4, -0.2) is 39.4 Å². The number of fused-ring (bicyclic) bond motifs is 2. The van der Waals surface area contributed by atoms with Crippen molar-refractivity contribution in [2.24, 2.45) is 11.7 Å². The molecule has 3 N–H and O–H groups in total. The molecule has 0 amide bonds. The molecule has 2 aromatic heterocycles. The van der Waals surface area contributed by atoms with Gasteiger partial charge < -0.3 is 20.3 Å². The first kappa shape index (κ1) is 27.0. The lowest BCUT2D eigenvalue weighted by molar-refractivity contribution is -0.00116. The highest BCUT2D eigenvalue weighted by Gasteiger charge is 2.48. The van der Waals surface area contributed by atoms with E-state index in [1.807, 2.05) is 23.9 Å². The highest BCUT2D eigenvalue weighted by atomic mass is 19.2. The van der Waals surface area contributed by atoms with Gasteiger partial charge in [0.05, 0.1) is 24.4 Å². The number of aliphatic hydroxyl groups is 1. The average Bonchev–Trinajstić information content (AvgIpc) is 3.92. The van der Waals surface area contributed by atoms with E-state index in [0.29, 0.717) is 39.9 Å². The molecule has 0 radical (unpaired) electrons. The molecule has 3 heterocycles. The van der Waals surface area contributed by atoms with Crippen molar-refractivity contribution < 1.29 is 28.2 Å². The summed E-state index contributed by atoms with van der Waals surface area (Å²) in [6.07, 6.45) is 5.88. The first-order valence-corrected chi connectivity index (χ1v) is 14.3. The van der Waals surface area contributed by atoms with Crippen molar-refractivity contribution in [3.8, 4) is 22.8 Å². The van der Waals surface area contributed by atoms with Crippen LogP contribution in [0.1, 0.15) is 73.1 Å². The molecule has 1 aliphatic heterocycles. The summed E-state index contributed by atoms with van der Waals surface area (Å²) in [5.41, 5.74) is 7.01. The molecule has 218 valence electrons.